The second-order valence-electron chi connectivity index (χ2n) is 9.42. The summed E-state index contributed by atoms with van der Waals surface area (Å²) < 4.78 is 11.1. The van der Waals surface area contributed by atoms with Crippen molar-refractivity contribution in [3.8, 4) is 22.5 Å². The van der Waals surface area contributed by atoms with Crippen LogP contribution in [0.5, 0.6) is 0 Å². The minimum absolute atomic E-state index is 0.119. The van der Waals surface area contributed by atoms with Crippen LogP contribution < -0.4 is 10.2 Å². The van der Waals surface area contributed by atoms with E-state index in [1.54, 1.807) is 19.9 Å². The summed E-state index contributed by atoms with van der Waals surface area (Å²) in [6, 6.07) is 23.5. The van der Waals surface area contributed by atoms with Gasteiger partial charge in [0.2, 0.25) is 0 Å². The minimum atomic E-state index is -0.626. The lowest BCUT2D eigenvalue weighted by molar-refractivity contribution is -0.110. The maximum absolute atomic E-state index is 12.7. The van der Waals surface area contributed by atoms with Gasteiger partial charge in [0.05, 0.1) is 0 Å². The van der Waals surface area contributed by atoms with Gasteiger partial charge in [0.15, 0.2) is 5.76 Å². The third kappa shape index (κ3) is 5.43. The van der Waals surface area contributed by atoms with Gasteiger partial charge in [-0.3, -0.25) is 5.32 Å². The molecule has 7 nitrogen and oxygen atoms in total. The molecule has 3 aromatic carbocycles. The Morgan fingerprint density at radius 2 is 1.74 bits per heavy atom. The van der Waals surface area contributed by atoms with E-state index in [1.165, 1.54) is 0 Å². The minimum Gasteiger partial charge on any atom is -0.441 e. The van der Waals surface area contributed by atoms with E-state index in [-0.39, 0.29) is 5.92 Å². The number of nitrogens with zero attached hydrogens (tertiary/aromatic N) is 2. The van der Waals surface area contributed by atoms with Crippen LogP contribution in [0.25, 0.3) is 22.5 Å². The Morgan fingerprint density at radius 3 is 2.39 bits per heavy atom. The van der Waals surface area contributed by atoms with Crippen molar-refractivity contribution < 1.29 is 18.8 Å². The zero-order valence-electron chi connectivity index (χ0n) is 21.2. The number of carbonyl (C=O) groups is 2. The second kappa shape index (κ2) is 11.1. The number of aromatic nitrogens is 1. The Kier molecular flexibility index (Phi) is 7.47. The lowest BCUT2D eigenvalue weighted by Gasteiger charge is -2.18. The molecule has 8 heteroatoms. The number of amides is 1. The molecule has 1 aliphatic heterocycles. The van der Waals surface area contributed by atoms with E-state index in [1.807, 2.05) is 42.5 Å². The van der Waals surface area contributed by atoms with Crippen molar-refractivity contribution in [2.24, 2.45) is 5.92 Å². The topological polar surface area (TPSA) is 84.7 Å². The molecule has 0 unspecified atom stereocenters. The van der Waals surface area contributed by atoms with E-state index in [4.69, 9.17) is 20.9 Å². The Labute approximate surface area is 226 Å². The molecule has 0 radical (unpaired) electrons. The molecular formula is C30H28ClN3O4. The van der Waals surface area contributed by atoms with Crippen LogP contribution in [-0.4, -0.2) is 30.6 Å². The third-order valence-electron chi connectivity index (χ3n) is 6.85. The van der Waals surface area contributed by atoms with Crippen LogP contribution in [-0.2, 0) is 9.53 Å². The van der Waals surface area contributed by atoms with Crippen LogP contribution >= 0.6 is 11.6 Å². The second-order valence-corrected chi connectivity index (χ2v) is 9.83. The van der Waals surface area contributed by atoms with Gasteiger partial charge in [-0.2, -0.15) is 0 Å². The number of ether oxygens (including phenoxy) is 1. The molecule has 1 aromatic heterocycles. The van der Waals surface area contributed by atoms with Gasteiger partial charge in [-0.15, -0.1) is 0 Å². The van der Waals surface area contributed by atoms with Crippen molar-refractivity contribution in [3.05, 3.63) is 89.1 Å². The summed E-state index contributed by atoms with van der Waals surface area (Å²) in [4.78, 5) is 26.0. The van der Waals surface area contributed by atoms with Crippen LogP contribution in [0.1, 0.15) is 30.7 Å². The molecule has 1 N–H and O–H groups in total. The van der Waals surface area contributed by atoms with Gasteiger partial charge in [0.1, 0.15) is 23.8 Å². The number of aldehydes is 1. The summed E-state index contributed by atoms with van der Waals surface area (Å²) in [6.07, 6.45) is 0.800. The van der Waals surface area contributed by atoms with Crippen LogP contribution in [0.4, 0.5) is 16.2 Å². The number of hydrogen-bond acceptors (Lipinski definition) is 6. The first kappa shape index (κ1) is 25.5. The molecule has 4 aromatic rings. The fourth-order valence-electron chi connectivity index (χ4n) is 4.69. The Hall–Kier alpha value is -4.10. The number of carbonyl (C=O) groups excluding carboxylic acids is 2. The normalized spacial score (nSPS) is 15.8. The number of aryl methyl sites for hydroxylation is 1. The predicted octanol–water partition coefficient (Wildman–Crippen LogP) is 7.31. The smallest absolute Gasteiger partial charge is 0.412 e. The molecule has 1 aliphatic rings. The maximum atomic E-state index is 12.7. The predicted molar refractivity (Wildman–Crippen MR) is 148 cm³/mol. The van der Waals surface area contributed by atoms with Gasteiger partial charge < -0.3 is 19.0 Å². The molecule has 194 valence electrons. The molecule has 0 spiro atoms. The van der Waals surface area contributed by atoms with Crippen molar-refractivity contribution >= 4 is 35.4 Å². The number of nitrogens with one attached hydrogen (secondary N) is 1. The highest BCUT2D eigenvalue weighted by molar-refractivity contribution is 6.31. The summed E-state index contributed by atoms with van der Waals surface area (Å²) >= 11 is 6.23. The van der Waals surface area contributed by atoms with E-state index < -0.39 is 12.2 Å². The molecule has 0 aliphatic carbocycles. The molecule has 2 heterocycles. The van der Waals surface area contributed by atoms with Gasteiger partial charge in [-0.1, -0.05) is 71.4 Å². The zero-order chi connectivity index (χ0) is 26.6. The average molecular weight is 530 g/mol. The highest BCUT2D eigenvalue weighted by Crippen LogP contribution is 2.34. The van der Waals surface area contributed by atoms with Crippen molar-refractivity contribution in [2.45, 2.75) is 26.4 Å². The number of benzene rings is 3. The summed E-state index contributed by atoms with van der Waals surface area (Å²) in [5, 5.41) is 7.36. The molecule has 2 atom stereocenters. The summed E-state index contributed by atoms with van der Waals surface area (Å²) in [5.74, 6) is 0.569. The van der Waals surface area contributed by atoms with E-state index in [0.29, 0.717) is 22.2 Å². The number of hydrogen-bond donors (Lipinski definition) is 1. The summed E-state index contributed by atoms with van der Waals surface area (Å²) in [6.45, 7) is 5.20. The highest BCUT2D eigenvalue weighted by atomic mass is 35.5. The molecular weight excluding hydrogens is 502 g/mol. The molecule has 5 rings (SSSR count). The number of anilines is 2. The fraction of sp³-hybridized carbons (Fsp3) is 0.233. The van der Waals surface area contributed by atoms with Crippen LogP contribution in [0, 0.1) is 12.8 Å². The Morgan fingerprint density at radius 1 is 1.08 bits per heavy atom. The largest absolute Gasteiger partial charge is 0.441 e. The van der Waals surface area contributed by atoms with Crippen LogP contribution in [0.3, 0.4) is 0 Å². The molecule has 0 bridgehead atoms. The average Bonchev–Trinajstić information content (AvgIpc) is 3.56. The van der Waals surface area contributed by atoms with E-state index in [0.717, 1.165) is 53.7 Å². The summed E-state index contributed by atoms with van der Waals surface area (Å²) in [5.41, 5.74) is 5.75. The maximum Gasteiger partial charge on any atom is 0.412 e. The molecule has 38 heavy (non-hydrogen) atoms. The SMILES string of the molecule is Cc1noc(-c2ccc(-c3ccc(N4CC[C@H](C=O)C4)cc3)cc2)c1NC(=O)O[C@H](C)c1ccccc1Cl. The first-order valence-electron chi connectivity index (χ1n) is 12.5. The van der Waals surface area contributed by atoms with Gasteiger partial charge in [0.25, 0.3) is 0 Å². The lowest BCUT2D eigenvalue weighted by Crippen LogP contribution is -2.19. The third-order valence-corrected chi connectivity index (χ3v) is 7.19. The quantitative estimate of drug-likeness (QED) is 0.253. The van der Waals surface area contributed by atoms with Gasteiger partial charge in [-0.25, -0.2) is 4.79 Å². The highest BCUT2D eigenvalue weighted by Gasteiger charge is 2.22. The first-order chi connectivity index (χ1) is 18.4. The van der Waals surface area contributed by atoms with E-state index in [9.17, 15) is 9.59 Å². The first-order valence-corrected chi connectivity index (χ1v) is 12.9. The molecule has 1 amide bonds. The van der Waals surface area contributed by atoms with Crippen LogP contribution in [0.15, 0.2) is 77.3 Å². The molecule has 1 fully saturated rings. The lowest BCUT2D eigenvalue weighted by atomic mass is 10.0. The van der Waals surface area contributed by atoms with Gasteiger partial charge in [-0.05, 0) is 49.6 Å². The molecule has 1 saturated heterocycles. The standard InChI is InChI=1S/C30H28ClN3O4/c1-19-28(32-30(36)37-20(2)26-5-3-4-6-27(26)31)29(38-33-19)24-9-7-22(8-10-24)23-11-13-25(14-12-23)34-16-15-21(17-34)18-35/h3-14,18,20-21H,15-17H2,1-2H3,(H,32,36)/t20-,21+/m1/s1. The van der Waals surface area contributed by atoms with E-state index >= 15 is 0 Å². The summed E-state index contributed by atoms with van der Waals surface area (Å²) in [7, 11) is 0. The molecule has 0 saturated carbocycles. The van der Waals surface area contributed by atoms with Crippen molar-refractivity contribution in [1.29, 1.82) is 0 Å². The zero-order valence-corrected chi connectivity index (χ0v) is 21.9. The number of halogens is 1. The Balaban J connectivity index is 1.27. The van der Waals surface area contributed by atoms with E-state index in [2.05, 4.69) is 39.6 Å². The monoisotopic (exact) mass is 529 g/mol. The van der Waals surface area contributed by atoms with Gasteiger partial charge in [0, 0.05) is 40.8 Å². The van der Waals surface area contributed by atoms with Crippen molar-refractivity contribution in [2.75, 3.05) is 23.3 Å². The number of rotatable bonds is 7. The Bertz CT molecular complexity index is 1430. The van der Waals surface area contributed by atoms with Gasteiger partial charge >= 0.3 is 6.09 Å². The van der Waals surface area contributed by atoms with Crippen LogP contribution in [0.2, 0.25) is 5.02 Å². The van der Waals surface area contributed by atoms with Crippen molar-refractivity contribution in [3.63, 3.8) is 0 Å². The fourth-order valence-corrected chi connectivity index (χ4v) is 4.98. The van der Waals surface area contributed by atoms with Crippen molar-refractivity contribution in [1.82, 2.24) is 5.16 Å².